The Morgan fingerprint density at radius 3 is 2.42 bits per heavy atom. The summed E-state index contributed by atoms with van der Waals surface area (Å²) in [6.07, 6.45) is 6.76. The normalized spacial score (nSPS) is 14.8. The van der Waals surface area contributed by atoms with E-state index < -0.39 is 0 Å². The number of nitrogens with zero attached hydrogens (tertiary/aromatic N) is 2. The smallest absolute Gasteiger partial charge is 0.340 e. The van der Waals surface area contributed by atoms with Gasteiger partial charge in [0.05, 0.1) is 0 Å². The third-order valence-electron chi connectivity index (χ3n) is 4.69. The molecule has 0 bridgehead atoms. The van der Waals surface area contributed by atoms with Crippen LogP contribution in [0, 0.1) is 6.07 Å². The zero-order chi connectivity index (χ0) is 18.4. The summed E-state index contributed by atoms with van der Waals surface area (Å²) in [7, 11) is 0. The van der Waals surface area contributed by atoms with Crippen molar-refractivity contribution in [1.82, 2.24) is 0 Å². The van der Waals surface area contributed by atoms with Crippen LogP contribution in [0.5, 0.6) is 0 Å². The van der Waals surface area contributed by atoms with E-state index in [0.717, 1.165) is 47.1 Å². The Balaban J connectivity index is 1.84. The van der Waals surface area contributed by atoms with Crippen molar-refractivity contribution in [3.63, 3.8) is 0 Å². The number of halogens is 1. The van der Waals surface area contributed by atoms with E-state index >= 15 is 0 Å². The van der Waals surface area contributed by atoms with Crippen molar-refractivity contribution in [2.24, 2.45) is 5.73 Å². The summed E-state index contributed by atoms with van der Waals surface area (Å²) in [6, 6.07) is 18.3. The Hall–Kier alpha value is -2.32. The van der Waals surface area contributed by atoms with Crippen molar-refractivity contribution < 1.29 is 4.79 Å². The number of hydrogen-bond donors (Lipinski definition) is 1. The molecular formula is C21H23BrN3O+. The van der Waals surface area contributed by atoms with Gasteiger partial charge in [-0.1, -0.05) is 47.7 Å². The molecule has 2 N–H and O–H groups in total. The monoisotopic (exact) mass is 412 g/mol. The molecule has 4 nitrogen and oxygen atoms in total. The Kier molecular flexibility index (Phi) is 6.30. The highest BCUT2D eigenvalue weighted by atomic mass is 79.9. The van der Waals surface area contributed by atoms with E-state index in [4.69, 9.17) is 5.73 Å². The largest absolute Gasteiger partial charge is 0.351 e. The fourth-order valence-corrected chi connectivity index (χ4v) is 3.67. The first-order chi connectivity index (χ1) is 12.6. The number of benzene rings is 2. The van der Waals surface area contributed by atoms with Gasteiger partial charge in [0.1, 0.15) is 5.56 Å². The maximum Gasteiger partial charge on any atom is 0.340 e. The molecule has 26 heavy (non-hydrogen) atoms. The summed E-state index contributed by atoms with van der Waals surface area (Å²) in [6.45, 7) is 0. The van der Waals surface area contributed by atoms with Crippen LogP contribution < -0.4 is 10.6 Å². The van der Waals surface area contributed by atoms with Crippen LogP contribution in [0.2, 0.25) is 0 Å². The van der Waals surface area contributed by atoms with Gasteiger partial charge in [-0.05, 0) is 48.0 Å². The van der Waals surface area contributed by atoms with Crippen LogP contribution in [0.1, 0.15) is 44.1 Å². The summed E-state index contributed by atoms with van der Waals surface area (Å²) in [5.41, 5.74) is 8.19. The Labute approximate surface area is 162 Å². The summed E-state index contributed by atoms with van der Waals surface area (Å²) in [5.74, 6) is 0. The van der Waals surface area contributed by atoms with Crippen LogP contribution in [-0.4, -0.2) is 12.1 Å². The quantitative estimate of drug-likeness (QED) is 0.597. The van der Waals surface area contributed by atoms with Crippen LogP contribution in [0.4, 0.5) is 16.2 Å². The minimum Gasteiger partial charge on any atom is -0.351 e. The molecule has 0 saturated heterocycles. The van der Waals surface area contributed by atoms with Gasteiger partial charge in [0.2, 0.25) is 0 Å². The number of nitrogens with two attached hydrogens (primary N) is 1. The van der Waals surface area contributed by atoms with Crippen LogP contribution in [0.15, 0.2) is 53.0 Å². The number of carbonyl (C=O) groups is 1. The fraction of sp³-hybridized carbons (Fsp3) is 0.333. The molecule has 1 aliphatic rings. The number of carbonyl (C=O) groups excluding carboxylic acids is 1. The van der Waals surface area contributed by atoms with Crippen molar-refractivity contribution in [3.8, 4) is 6.07 Å². The Morgan fingerprint density at radius 1 is 1.08 bits per heavy atom. The Morgan fingerprint density at radius 2 is 1.77 bits per heavy atom. The zero-order valence-corrected chi connectivity index (χ0v) is 16.3. The molecule has 3 rings (SSSR count). The van der Waals surface area contributed by atoms with Gasteiger partial charge in [-0.3, -0.25) is 4.90 Å². The second-order valence-electron chi connectivity index (χ2n) is 6.60. The van der Waals surface area contributed by atoms with Crippen molar-refractivity contribution in [3.05, 3.63) is 63.4 Å². The lowest BCUT2D eigenvalue weighted by atomic mass is 10.1. The van der Waals surface area contributed by atoms with Crippen LogP contribution in [-0.2, 0) is 0 Å². The molecule has 0 aliphatic heterocycles. The first kappa shape index (κ1) is 18.5. The minimum absolute atomic E-state index is 0.175. The summed E-state index contributed by atoms with van der Waals surface area (Å²) < 4.78 is 1.01. The molecule has 0 heterocycles. The predicted molar refractivity (Wildman–Crippen MR) is 110 cm³/mol. The molecule has 1 aliphatic carbocycles. The topological polar surface area (TPSA) is 50.7 Å². The first-order valence-electron chi connectivity index (χ1n) is 9.04. The van der Waals surface area contributed by atoms with Gasteiger partial charge in [0.25, 0.3) is 0 Å². The third-order valence-corrected chi connectivity index (χ3v) is 5.22. The number of rotatable bonds is 2. The van der Waals surface area contributed by atoms with Crippen molar-refractivity contribution in [1.29, 1.82) is 0 Å². The summed E-state index contributed by atoms with van der Waals surface area (Å²) in [5, 5.41) is 0. The molecule has 0 unspecified atom stereocenters. The molecule has 2 aromatic rings. The van der Waals surface area contributed by atoms with Crippen LogP contribution in [0.3, 0.4) is 0 Å². The SMILES string of the molecule is NC(=O)N(c1cccc(C#[N+]c2ccc(Br)cc2)c1)C1CCCCCC1. The summed E-state index contributed by atoms with van der Waals surface area (Å²) >= 11 is 3.41. The molecular weight excluding hydrogens is 390 g/mol. The van der Waals surface area contributed by atoms with E-state index in [2.05, 4.69) is 26.8 Å². The number of urea groups is 1. The minimum atomic E-state index is -0.390. The lowest BCUT2D eigenvalue weighted by molar-refractivity contribution is 0.251. The number of hydrogen-bond acceptors (Lipinski definition) is 1. The number of anilines is 1. The van der Waals surface area contributed by atoms with Crippen molar-refractivity contribution in [2.75, 3.05) is 4.90 Å². The lowest BCUT2D eigenvalue weighted by Gasteiger charge is -2.29. The van der Waals surface area contributed by atoms with Gasteiger partial charge in [-0.25, -0.2) is 4.79 Å². The standard InChI is InChI=1S/C21H22BrN3O/c22-17-10-12-18(13-11-17)24-15-16-6-5-9-20(14-16)25(21(23)26)19-7-3-1-2-4-8-19/h5-6,9-14,19H,1-4,7-8H2,(H-,23,26)/p+1. The zero-order valence-electron chi connectivity index (χ0n) is 14.7. The molecule has 134 valence electrons. The first-order valence-corrected chi connectivity index (χ1v) is 9.84. The van der Waals surface area contributed by atoms with E-state index in [1.807, 2.05) is 48.5 Å². The highest BCUT2D eigenvalue weighted by Crippen LogP contribution is 2.27. The average Bonchev–Trinajstić information content (AvgIpc) is 2.91. The van der Waals surface area contributed by atoms with Crippen LogP contribution in [0.25, 0.3) is 4.85 Å². The van der Waals surface area contributed by atoms with E-state index in [9.17, 15) is 4.79 Å². The molecule has 0 atom stereocenters. The maximum absolute atomic E-state index is 12.1. The fourth-order valence-electron chi connectivity index (χ4n) is 3.40. The molecule has 0 radical (unpaired) electrons. The average molecular weight is 413 g/mol. The van der Waals surface area contributed by atoms with Crippen molar-refractivity contribution >= 4 is 33.3 Å². The maximum atomic E-state index is 12.1. The number of amides is 2. The molecule has 0 aromatic heterocycles. The predicted octanol–water partition coefficient (Wildman–Crippen LogP) is 6.07. The second kappa shape index (κ2) is 8.86. The molecule has 1 fully saturated rings. The van der Waals surface area contributed by atoms with E-state index in [0.29, 0.717) is 0 Å². The van der Waals surface area contributed by atoms with Gasteiger partial charge >= 0.3 is 17.8 Å². The van der Waals surface area contributed by atoms with Gasteiger partial charge in [-0.15, -0.1) is 0 Å². The van der Waals surface area contributed by atoms with E-state index in [1.54, 1.807) is 4.90 Å². The van der Waals surface area contributed by atoms with Crippen molar-refractivity contribution in [2.45, 2.75) is 44.6 Å². The van der Waals surface area contributed by atoms with E-state index in [1.165, 1.54) is 12.8 Å². The van der Waals surface area contributed by atoms with Gasteiger partial charge in [-0.2, -0.15) is 0 Å². The van der Waals surface area contributed by atoms with Crippen LogP contribution >= 0.6 is 15.9 Å². The molecule has 0 spiro atoms. The molecule has 2 amide bonds. The van der Waals surface area contributed by atoms with Gasteiger partial charge < -0.3 is 5.73 Å². The molecule has 5 heteroatoms. The Bertz CT molecular complexity index is 815. The van der Waals surface area contributed by atoms with Gasteiger partial charge in [0, 0.05) is 28.3 Å². The van der Waals surface area contributed by atoms with E-state index in [-0.39, 0.29) is 12.1 Å². The number of primary amides is 1. The van der Waals surface area contributed by atoms with Gasteiger partial charge in [0.15, 0.2) is 0 Å². The molecule has 2 aromatic carbocycles. The highest BCUT2D eigenvalue weighted by molar-refractivity contribution is 9.10. The highest BCUT2D eigenvalue weighted by Gasteiger charge is 2.24. The molecule has 1 saturated carbocycles. The lowest BCUT2D eigenvalue weighted by Crippen LogP contribution is -2.43. The summed E-state index contributed by atoms with van der Waals surface area (Å²) in [4.78, 5) is 18.3. The third kappa shape index (κ3) is 4.86. The second-order valence-corrected chi connectivity index (χ2v) is 7.52.